The van der Waals surface area contributed by atoms with Gasteiger partial charge in [-0.2, -0.15) is 0 Å². The molecule has 0 aliphatic carbocycles. The van der Waals surface area contributed by atoms with E-state index in [9.17, 15) is 0 Å². The molecule has 2 rings (SSSR count). The molecule has 0 atom stereocenters. The zero-order valence-corrected chi connectivity index (χ0v) is 21.6. The maximum atomic E-state index is 5.26. The van der Waals surface area contributed by atoms with Gasteiger partial charge in [-0.15, -0.1) is 0 Å². The van der Waals surface area contributed by atoms with E-state index in [1.165, 1.54) is 22.3 Å². The summed E-state index contributed by atoms with van der Waals surface area (Å²) in [5, 5.41) is 0. The normalized spacial score (nSPS) is 13.1. The summed E-state index contributed by atoms with van der Waals surface area (Å²) in [5.41, 5.74) is 8.49. The first-order chi connectivity index (χ1) is 16.9. The molecule has 0 aromatic heterocycles. The van der Waals surface area contributed by atoms with Gasteiger partial charge in [-0.3, -0.25) is 4.99 Å². The number of nitrogens with zero attached hydrogens (tertiary/aromatic N) is 1. The van der Waals surface area contributed by atoms with Crippen molar-refractivity contribution >= 4 is 5.71 Å². The van der Waals surface area contributed by atoms with E-state index in [4.69, 9.17) is 9.73 Å². The minimum Gasteiger partial charge on any atom is -0.501 e. The summed E-state index contributed by atoms with van der Waals surface area (Å²) in [6.07, 6.45) is 15.1. The van der Waals surface area contributed by atoms with Crippen molar-refractivity contribution in [3.05, 3.63) is 145 Å². The van der Waals surface area contributed by atoms with Crippen molar-refractivity contribution in [2.24, 2.45) is 4.99 Å². The Hall–Kier alpha value is -3.91. The highest BCUT2D eigenvalue weighted by Gasteiger charge is 2.15. The van der Waals surface area contributed by atoms with Crippen LogP contribution in [0.2, 0.25) is 0 Å². The Morgan fingerprint density at radius 2 is 1.66 bits per heavy atom. The number of aliphatic imine (C=N–C) groups is 1. The van der Waals surface area contributed by atoms with Crippen LogP contribution in [0.5, 0.6) is 0 Å². The van der Waals surface area contributed by atoms with Gasteiger partial charge in [0.2, 0.25) is 0 Å². The number of allylic oxidation sites excluding steroid dienone is 9. The molecule has 0 fully saturated rings. The Kier molecular flexibility index (Phi) is 11.2. The average Bonchev–Trinajstić information content (AvgIpc) is 2.87. The van der Waals surface area contributed by atoms with Crippen LogP contribution in [0.3, 0.4) is 0 Å². The third kappa shape index (κ3) is 8.42. The van der Waals surface area contributed by atoms with Crippen molar-refractivity contribution in [1.82, 2.24) is 0 Å². The summed E-state index contributed by atoms with van der Waals surface area (Å²) in [5.74, 6) is 0.806. The first-order valence-electron chi connectivity index (χ1n) is 11.8. The molecule has 0 aliphatic rings. The fourth-order valence-electron chi connectivity index (χ4n) is 3.63. The van der Waals surface area contributed by atoms with Gasteiger partial charge in [0.15, 0.2) is 0 Å². The van der Waals surface area contributed by atoms with Crippen LogP contribution in [-0.4, -0.2) is 12.8 Å². The minimum atomic E-state index is 0.672. The Balaban J connectivity index is 2.60. The molecule has 2 aromatic carbocycles. The maximum Gasteiger partial charge on any atom is 0.0924 e. The highest BCUT2D eigenvalue weighted by molar-refractivity contribution is 6.08. The number of hydrogen-bond donors (Lipinski definition) is 0. The lowest BCUT2D eigenvalue weighted by atomic mass is 9.90. The van der Waals surface area contributed by atoms with E-state index in [2.05, 4.69) is 82.1 Å². The van der Waals surface area contributed by atoms with Crippen molar-refractivity contribution in [3.8, 4) is 11.1 Å². The van der Waals surface area contributed by atoms with Crippen molar-refractivity contribution in [2.75, 3.05) is 7.11 Å². The quantitative estimate of drug-likeness (QED) is 0.175. The standard InChI is InChI=1S/C33H37NO/c1-8-10-12-16-25(3)21-24-32(34-28(6)29(9-2)23-22-27(5)35-7)33-26(4)17-15-20-31(33)30-18-13-11-14-19-30/h8-20,22-23H,1-2,6,21,24H2,3-5,7H3/b12-10-,25-16+,27-22+,29-23+,34-32-. The maximum absolute atomic E-state index is 5.26. The van der Waals surface area contributed by atoms with Gasteiger partial charge in [-0.05, 0) is 68.0 Å². The molecule has 2 heteroatoms. The van der Waals surface area contributed by atoms with Gasteiger partial charge in [-0.25, -0.2) is 0 Å². The third-order valence-corrected chi connectivity index (χ3v) is 5.67. The van der Waals surface area contributed by atoms with Gasteiger partial charge in [0.05, 0.1) is 18.6 Å². The molecule has 2 nitrogen and oxygen atoms in total. The molecule has 0 unspecified atom stereocenters. The average molecular weight is 464 g/mol. The first-order valence-corrected chi connectivity index (χ1v) is 11.8. The molecule has 0 bridgehead atoms. The summed E-state index contributed by atoms with van der Waals surface area (Å²) in [4.78, 5) is 5.09. The second kappa shape index (κ2) is 14.4. The minimum absolute atomic E-state index is 0.672. The lowest BCUT2D eigenvalue weighted by molar-refractivity contribution is 0.294. The Morgan fingerprint density at radius 1 is 0.914 bits per heavy atom. The van der Waals surface area contributed by atoms with Gasteiger partial charge in [0.1, 0.15) is 0 Å². The molecule has 35 heavy (non-hydrogen) atoms. The predicted octanol–water partition coefficient (Wildman–Crippen LogP) is 9.10. The number of methoxy groups -OCH3 is 1. The van der Waals surface area contributed by atoms with Crippen LogP contribution in [0.1, 0.15) is 37.8 Å². The smallest absolute Gasteiger partial charge is 0.0924 e. The lowest BCUT2D eigenvalue weighted by Crippen LogP contribution is -2.07. The lowest BCUT2D eigenvalue weighted by Gasteiger charge is -2.17. The largest absolute Gasteiger partial charge is 0.501 e. The summed E-state index contributed by atoms with van der Waals surface area (Å²) in [6.45, 7) is 18.2. The van der Waals surface area contributed by atoms with E-state index in [0.717, 1.165) is 35.4 Å². The van der Waals surface area contributed by atoms with Crippen LogP contribution in [0.4, 0.5) is 0 Å². The second-order valence-electron chi connectivity index (χ2n) is 8.31. The zero-order chi connectivity index (χ0) is 25.6. The third-order valence-electron chi connectivity index (χ3n) is 5.67. The van der Waals surface area contributed by atoms with Crippen molar-refractivity contribution < 1.29 is 4.74 Å². The molecular formula is C33H37NO. The van der Waals surface area contributed by atoms with E-state index in [-0.39, 0.29) is 0 Å². The van der Waals surface area contributed by atoms with E-state index < -0.39 is 0 Å². The summed E-state index contributed by atoms with van der Waals surface area (Å²) < 4.78 is 5.26. The molecule has 0 radical (unpaired) electrons. The number of aryl methyl sites for hydroxylation is 1. The van der Waals surface area contributed by atoms with Crippen LogP contribution in [0, 0.1) is 6.92 Å². The van der Waals surface area contributed by atoms with E-state index in [1.54, 1.807) is 19.3 Å². The number of rotatable bonds is 12. The fourth-order valence-corrected chi connectivity index (χ4v) is 3.63. The monoisotopic (exact) mass is 463 g/mol. The van der Waals surface area contributed by atoms with Crippen molar-refractivity contribution in [3.63, 3.8) is 0 Å². The second-order valence-corrected chi connectivity index (χ2v) is 8.31. The van der Waals surface area contributed by atoms with Gasteiger partial charge in [0, 0.05) is 11.3 Å². The fraction of sp³-hybridized carbons (Fsp3) is 0.182. The molecular weight excluding hydrogens is 426 g/mol. The molecule has 0 saturated heterocycles. The Labute approximate surface area is 211 Å². The van der Waals surface area contributed by atoms with Gasteiger partial charge in [-0.1, -0.05) is 104 Å². The molecule has 0 aliphatic heterocycles. The summed E-state index contributed by atoms with van der Waals surface area (Å²) >= 11 is 0. The number of benzene rings is 2. The van der Waals surface area contributed by atoms with Crippen LogP contribution in [-0.2, 0) is 4.74 Å². The predicted molar refractivity (Wildman–Crippen MR) is 154 cm³/mol. The molecule has 2 aromatic rings. The molecule has 0 spiro atoms. The topological polar surface area (TPSA) is 21.6 Å². The van der Waals surface area contributed by atoms with Gasteiger partial charge >= 0.3 is 0 Å². The molecule has 0 N–H and O–H groups in total. The zero-order valence-electron chi connectivity index (χ0n) is 21.6. The number of ether oxygens (including phenoxy) is 1. The summed E-state index contributed by atoms with van der Waals surface area (Å²) in [6, 6.07) is 16.9. The highest BCUT2D eigenvalue weighted by atomic mass is 16.5. The van der Waals surface area contributed by atoms with Gasteiger partial charge < -0.3 is 4.74 Å². The van der Waals surface area contributed by atoms with Crippen LogP contribution in [0.25, 0.3) is 11.1 Å². The first kappa shape index (κ1) is 27.3. The van der Waals surface area contributed by atoms with Gasteiger partial charge in [0.25, 0.3) is 0 Å². The van der Waals surface area contributed by atoms with Crippen LogP contribution in [0.15, 0.2) is 138 Å². The van der Waals surface area contributed by atoms with E-state index >= 15 is 0 Å². The SMILES string of the molecule is C=C/C=C\C=C(/C)CC/C(=N/C(=C)/C(C=C)=C/C=C(\C)OC)c1c(C)cccc1-c1ccccc1. The summed E-state index contributed by atoms with van der Waals surface area (Å²) in [7, 11) is 1.65. The molecule has 0 heterocycles. The highest BCUT2D eigenvalue weighted by Crippen LogP contribution is 2.29. The Morgan fingerprint density at radius 3 is 2.31 bits per heavy atom. The molecule has 0 amide bonds. The van der Waals surface area contributed by atoms with E-state index in [1.807, 2.05) is 37.3 Å². The van der Waals surface area contributed by atoms with Crippen LogP contribution < -0.4 is 0 Å². The molecule has 0 saturated carbocycles. The molecule has 180 valence electrons. The Bertz CT molecular complexity index is 1190. The number of hydrogen-bond acceptors (Lipinski definition) is 2. The van der Waals surface area contributed by atoms with E-state index in [0.29, 0.717) is 5.70 Å². The van der Waals surface area contributed by atoms with Crippen molar-refractivity contribution in [2.45, 2.75) is 33.6 Å². The van der Waals surface area contributed by atoms with Crippen LogP contribution >= 0.6 is 0 Å². The van der Waals surface area contributed by atoms with Crippen molar-refractivity contribution in [1.29, 1.82) is 0 Å².